The Labute approximate surface area is 151 Å². The Hall–Kier alpha value is -1.09. The van der Waals surface area contributed by atoms with Gasteiger partial charge in [-0.05, 0) is 112 Å². The molecule has 3 heteroatoms. The van der Waals surface area contributed by atoms with E-state index in [-0.39, 0.29) is 0 Å². The van der Waals surface area contributed by atoms with Crippen molar-refractivity contribution in [2.24, 2.45) is 23.2 Å². The van der Waals surface area contributed by atoms with Gasteiger partial charge in [-0.1, -0.05) is 12.1 Å². The molecule has 0 heterocycles. The van der Waals surface area contributed by atoms with Crippen LogP contribution in [0.4, 0.5) is 5.69 Å². The average molecular weight is 343 g/mol. The lowest BCUT2D eigenvalue weighted by Crippen LogP contribution is -2.56. The minimum atomic E-state index is 0.469. The second-order valence-electron chi connectivity index (χ2n) is 8.85. The summed E-state index contributed by atoms with van der Waals surface area (Å²) in [5.41, 5.74) is 4.20. The molecule has 4 aliphatic carbocycles. The minimum Gasteiger partial charge on any atom is -0.359 e. The van der Waals surface area contributed by atoms with Crippen molar-refractivity contribution in [3.63, 3.8) is 0 Å². The van der Waals surface area contributed by atoms with Crippen LogP contribution in [0.15, 0.2) is 18.2 Å². The first kappa shape index (κ1) is 16.4. The molecule has 0 unspecified atom stereocenters. The zero-order valence-electron chi connectivity index (χ0n) is 15.2. The van der Waals surface area contributed by atoms with Gasteiger partial charge in [0.05, 0.1) is 0 Å². The predicted molar refractivity (Wildman–Crippen MR) is 105 cm³/mol. The van der Waals surface area contributed by atoms with Crippen LogP contribution in [0, 0.1) is 37.0 Å². The Kier molecular flexibility index (Phi) is 4.11. The van der Waals surface area contributed by atoms with Gasteiger partial charge < -0.3 is 10.6 Å². The summed E-state index contributed by atoms with van der Waals surface area (Å²) in [6.45, 7) is 6.67. The molecule has 0 spiro atoms. The Balaban J connectivity index is 1.43. The van der Waals surface area contributed by atoms with Crippen LogP contribution >= 0.6 is 12.2 Å². The molecule has 1 aromatic rings. The summed E-state index contributed by atoms with van der Waals surface area (Å²) in [6, 6.07) is 6.83. The Bertz CT molecular complexity index is 616. The van der Waals surface area contributed by atoms with Crippen molar-refractivity contribution >= 4 is 23.0 Å². The van der Waals surface area contributed by atoms with E-state index in [0.29, 0.717) is 11.5 Å². The maximum absolute atomic E-state index is 5.65. The first-order valence-corrected chi connectivity index (χ1v) is 10.00. The van der Waals surface area contributed by atoms with Crippen molar-refractivity contribution < 1.29 is 0 Å². The van der Waals surface area contributed by atoms with E-state index in [1.54, 1.807) is 0 Å². The number of aryl methyl sites for hydroxylation is 1. The lowest BCUT2D eigenvalue weighted by Gasteiger charge is -2.59. The van der Waals surface area contributed by atoms with E-state index in [4.69, 9.17) is 12.2 Å². The maximum Gasteiger partial charge on any atom is 0.171 e. The summed E-state index contributed by atoms with van der Waals surface area (Å²) >= 11 is 5.65. The van der Waals surface area contributed by atoms with E-state index in [2.05, 4.69) is 49.6 Å². The monoisotopic (exact) mass is 342 g/mol. The topological polar surface area (TPSA) is 24.1 Å². The molecule has 0 radical (unpaired) electrons. The third-order valence-corrected chi connectivity index (χ3v) is 7.42. The fourth-order valence-corrected chi connectivity index (χ4v) is 6.39. The normalized spacial score (nSPS) is 34.9. The highest BCUT2D eigenvalue weighted by Gasteiger charge is 2.53. The number of rotatable bonds is 3. The zero-order valence-corrected chi connectivity index (χ0v) is 16.0. The van der Waals surface area contributed by atoms with Crippen LogP contribution in [0.5, 0.6) is 0 Å². The van der Waals surface area contributed by atoms with Gasteiger partial charge in [0, 0.05) is 11.7 Å². The van der Waals surface area contributed by atoms with E-state index in [0.717, 1.165) is 28.6 Å². The molecule has 130 valence electrons. The van der Waals surface area contributed by atoms with E-state index in [1.165, 1.54) is 49.7 Å². The first-order chi connectivity index (χ1) is 11.4. The summed E-state index contributed by atoms with van der Waals surface area (Å²) < 4.78 is 0. The third kappa shape index (κ3) is 2.85. The minimum absolute atomic E-state index is 0.469. The maximum atomic E-state index is 5.65. The van der Waals surface area contributed by atoms with Crippen LogP contribution < -0.4 is 10.6 Å². The zero-order chi connectivity index (χ0) is 16.9. The largest absolute Gasteiger partial charge is 0.359 e. The molecule has 24 heavy (non-hydrogen) atoms. The fraction of sp³-hybridized carbons (Fsp3) is 0.667. The van der Waals surface area contributed by atoms with Gasteiger partial charge in [-0.2, -0.15) is 0 Å². The van der Waals surface area contributed by atoms with Crippen molar-refractivity contribution in [1.82, 2.24) is 5.32 Å². The summed E-state index contributed by atoms with van der Waals surface area (Å²) in [4.78, 5) is 0. The van der Waals surface area contributed by atoms with Gasteiger partial charge in [0.15, 0.2) is 5.11 Å². The summed E-state index contributed by atoms with van der Waals surface area (Å²) in [5, 5.41) is 7.87. The SMILES string of the molecule is Cc1cccc(NC(=S)N[C@H](C)C23CC4CC(CC(C4)C2)C3)c1C. The highest BCUT2D eigenvalue weighted by molar-refractivity contribution is 7.80. The van der Waals surface area contributed by atoms with Gasteiger partial charge in [-0.15, -0.1) is 0 Å². The number of anilines is 1. The van der Waals surface area contributed by atoms with Gasteiger partial charge >= 0.3 is 0 Å². The highest BCUT2D eigenvalue weighted by atomic mass is 32.1. The molecule has 4 aliphatic rings. The van der Waals surface area contributed by atoms with Crippen LogP contribution in [0.3, 0.4) is 0 Å². The van der Waals surface area contributed by atoms with Gasteiger partial charge in [-0.3, -0.25) is 0 Å². The first-order valence-electron chi connectivity index (χ1n) is 9.59. The molecule has 4 bridgehead atoms. The van der Waals surface area contributed by atoms with E-state index in [9.17, 15) is 0 Å². The average Bonchev–Trinajstić information content (AvgIpc) is 2.50. The lowest BCUT2D eigenvalue weighted by atomic mass is 9.48. The molecule has 4 fully saturated rings. The van der Waals surface area contributed by atoms with Gasteiger partial charge in [0.2, 0.25) is 0 Å². The number of thiocarbonyl (C=S) groups is 1. The lowest BCUT2D eigenvalue weighted by molar-refractivity contribution is -0.0671. The number of nitrogens with one attached hydrogen (secondary N) is 2. The standard InChI is InChI=1S/C21H30N2S/c1-13-5-4-6-19(14(13)2)23-20(24)22-15(3)21-10-16-7-17(11-21)9-18(8-16)12-21/h4-6,15-18H,7-12H2,1-3H3,(H2,22,23,24)/t15-,16?,17?,18?,21?/m1/s1. The second-order valence-corrected chi connectivity index (χ2v) is 9.26. The molecule has 2 nitrogen and oxygen atoms in total. The molecule has 2 N–H and O–H groups in total. The molecular weight excluding hydrogens is 312 g/mol. The Morgan fingerprint density at radius 1 is 1.08 bits per heavy atom. The van der Waals surface area contributed by atoms with E-state index < -0.39 is 0 Å². The van der Waals surface area contributed by atoms with Crippen LogP contribution in [-0.2, 0) is 0 Å². The molecule has 0 aromatic heterocycles. The van der Waals surface area contributed by atoms with Crippen LogP contribution in [-0.4, -0.2) is 11.2 Å². The molecule has 4 saturated carbocycles. The number of hydrogen-bond donors (Lipinski definition) is 2. The van der Waals surface area contributed by atoms with Crippen molar-refractivity contribution in [2.45, 2.75) is 65.3 Å². The summed E-state index contributed by atoms with van der Waals surface area (Å²) in [7, 11) is 0. The quantitative estimate of drug-likeness (QED) is 0.739. The number of hydrogen-bond acceptors (Lipinski definition) is 1. The van der Waals surface area contributed by atoms with E-state index in [1.807, 2.05) is 0 Å². The van der Waals surface area contributed by atoms with Gasteiger partial charge in [0.1, 0.15) is 0 Å². The molecule has 0 saturated heterocycles. The van der Waals surface area contributed by atoms with Gasteiger partial charge in [-0.25, -0.2) is 0 Å². The van der Waals surface area contributed by atoms with E-state index >= 15 is 0 Å². The Morgan fingerprint density at radius 2 is 1.67 bits per heavy atom. The highest BCUT2D eigenvalue weighted by Crippen LogP contribution is 2.61. The van der Waals surface area contributed by atoms with Crippen LogP contribution in [0.1, 0.15) is 56.6 Å². The fourth-order valence-electron chi connectivity index (χ4n) is 6.10. The summed E-state index contributed by atoms with van der Waals surface area (Å²) in [6.07, 6.45) is 8.74. The van der Waals surface area contributed by atoms with Crippen molar-refractivity contribution in [1.29, 1.82) is 0 Å². The van der Waals surface area contributed by atoms with Crippen LogP contribution in [0.25, 0.3) is 0 Å². The molecule has 5 rings (SSSR count). The third-order valence-electron chi connectivity index (χ3n) is 7.20. The molecule has 0 amide bonds. The van der Waals surface area contributed by atoms with Crippen molar-refractivity contribution in [2.75, 3.05) is 5.32 Å². The molecule has 0 aliphatic heterocycles. The number of benzene rings is 1. The van der Waals surface area contributed by atoms with Gasteiger partial charge in [0.25, 0.3) is 0 Å². The summed E-state index contributed by atoms with van der Waals surface area (Å²) in [5.74, 6) is 2.96. The smallest absolute Gasteiger partial charge is 0.171 e. The van der Waals surface area contributed by atoms with Crippen molar-refractivity contribution in [3.05, 3.63) is 29.3 Å². The van der Waals surface area contributed by atoms with Crippen LogP contribution in [0.2, 0.25) is 0 Å². The molecule has 1 atom stereocenters. The second kappa shape index (κ2) is 6.01. The predicted octanol–water partition coefficient (Wildman–Crippen LogP) is 5.19. The molecular formula is C21H30N2S. The van der Waals surface area contributed by atoms with Crippen molar-refractivity contribution in [3.8, 4) is 0 Å². The molecule has 1 aromatic carbocycles. The Morgan fingerprint density at radius 3 is 2.25 bits per heavy atom.